The lowest BCUT2D eigenvalue weighted by Crippen LogP contribution is -2.40. The highest BCUT2D eigenvalue weighted by molar-refractivity contribution is 5.76. The summed E-state index contributed by atoms with van der Waals surface area (Å²) in [6.45, 7) is -0.00858. The predicted octanol–water partition coefficient (Wildman–Crippen LogP) is 0.214. The van der Waals surface area contributed by atoms with Crippen LogP contribution in [0.3, 0.4) is 0 Å². The highest BCUT2D eigenvalue weighted by Crippen LogP contribution is 2.11. The van der Waals surface area contributed by atoms with Crippen molar-refractivity contribution in [2.24, 2.45) is 0 Å². The van der Waals surface area contributed by atoms with E-state index in [9.17, 15) is 13.6 Å². The van der Waals surface area contributed by atoms with E-state index in [1.807, 2.05) is 0 Å². The lowest BCUT2D eigenvalue weighted by atomic mass is 10.1. The van der Waals surface area contributed by atoms with Crippen LogP contribution in [0.15, 0.2) is 0 Å². The molecule has 1 fully saturated rings. The van der Waals surface area contributed by atoms with Gasteiger partial charge in [-0.1, -0.05) is 0 Å². The molecular formula is C10H18F2N2O2. The maximum Gasteiger partial charge on any atom is 0.255 e. The molecule has 0 aromatic carbocycles. The lowest BCUT2D eigenvalue weighted by molar-refractivity contribution is -0.134. The third-order valence-electron chi connectivity index (χ3n) is 2.66. The van der Waals surface area contributed by atoms with Crippen molar-refractivity contribution in [1.82, 2.24) is 10.2 Å². The number of nitrogens with zero attached hydrogens (tertiary/aromatic N) is 1. The fraction of sp³-hybridized carbons (Fsp3) is 0.900. The number of alkyl halides is 2. The highest BCUT2D eigenvalue weighted by atomic mass is 19.3. The first-order chi connectivity index (χ1) is 7.63. The second-order valence-electron chi connectivity index (χ2n) is 3.95. The van der Waals surface area contributed by atoms with Crippen molar-refractivity contribution in [3.63, 3.8) is 0 Å². The van der Waals surface area contributed by atoms with Gasteiger partial charge in [-0.05, 0) is 19.4 Å². The topological polar surface area (TPSA) is 52.6 Å². The summed E-state index contributed by atoms with van der Waals surface area (Å²) in [6.07, 6.45) is -0.376. The molecule has 1 atom stereocenters. The standard InChI is InChI=1S/C10H18F2N2O2/c11-9(12)7-14(4-5-15)10(16)6-8-2-1-3-13-8/h8-9,13,15H,1-7H2. The number of carbonyl (C=O) groups is 1. The zero-order valence-electron chi connectivity index (χ0n) is 9.16. The summed E-state index contributed by atoms with van der Waals surface area (Å²) in [5.41, 5.74) is 0. The Labute approximate surface area is 93.6 Å². The molecule has 1 unspecified atom stereocenters. The van der Waals surface area contributed by atoms with Gasteiger partial charge in [-0.3, -0.25) is 4.79 Å². The van der Waals surface area contributed by atoms with Crippen LogP contribution in [0.2, 0.25) is 0 Å². The zero-order chi connectivity index (χ0) is 12.0. The number of rotatable bonds is 6. The molecule has 0 radical (unpaired) electrons. The first-order valence-electron chi connectivity index (χ1n) is 5.53. The Balaban J connectivity index is 2.39. The number of hydrogen-bond donors (Lipinski definition) is 2. The van der Waals surface area contributed by atoms with E-state index in [1.165, 1.54) is 0 Å². The molecule has 1 heterocycles. The summed E-state index contributed by atoms with van der Waals surface area (Å²) in [5, 5.41) is 11.8. The van der Waals surface area contributed by atoms with Gasteiger partial charge in [-0.2, -0.15) is 0 Å². The average molecular weight is 236 g/mol. The van der Waals surface area contributed by atoms with Crippen LogP contribution < -0.4 is 5.32 Å². The molecule has 0 aromatic rings. The fourth-order valence-corrected chi connectivity index (χ4v) is 1.88. The number of halogens is 2. The van der Waals surface area contributed by atoms with Crippen molar-refractivity contribution in [1.29, 1.82) is 0 Å². The Hall–Kier alpha value is -0.750. The van der Waals surface area contributed by atoms with E-state index in [1.54, 1.807) is 0 Å². The van der Waals surface area contributed by atoms with Crippen molar-refractivity contribution in [2.75, 3.05) is 26.2 Å². The smallest absolute Gasteiger partial charge is 0.255 e. The molecule has 0 aromatic heterocycles. The number of nitrogens with one attached hydrogen (secondary N) is 1. The van der Waals surface area contributed by atoms with Crippen LogP contribution in [-0.2, 0) is 4.79 Å². The summed E-state index contributed by atoms with van der Waals surface area (Å²) >= 11 is 0. The van der Waals surface area contributed by atoms with E-state index in [0.29, 0.717) is 0 Å². The Bertz CT molecular complexity index is 221. The number of amides is 1. The maximum absolute atomic E-state index is 12.2. The zero-order valence-corrected chi connectivity index (χ0v) is 9.16. The summed E-state index contributed by atoms with van der Waals surface area (Å²) in [4.78, 5) is 12.7. The van der Waals surface area contributed by atoms with Crippen LogP contribution in [-0.4, -0.2) is 54.6 Å². The minimum absolute atomic E-state index is 0.0180. The van der Waals surface area contributed by atoms with Crippen molar-refractivity contribution in [2.45, 2.75) is 31.7 Å². The molecule has 0 spiro atoms. The minimum atomic E-state index is -2.55. The van der Waals surface area contributed by atoms with E-state index < -0.39 is 13.0 Å². The summed E-state index contributed by atoms with van der Waals surface area (Å²) in [5.74, 6) is -0.311. The molecule has 1 rings (SSSR count). The molecular weight excluding hydrogens is 218 g/mol. The number of hydrogen-bond acceptors (Lipinski definition) is 3. The van der Waals surface area contributed by atoms with Gasteiger partial charge in [-0.15, -0.1) is 0 Å². The Morgan fingerprint density at radius 1 is 1.56 bits per heavy atom. The van der Waals surface area contributed by atoms with Gasteiger partial charge in [0.15, 0.2) is 0 Å². The molecule has 1 aliphatic rings. The average Bonchev–Trinajstić information content (AvgIpc) is 2.69. The molecule has 6 heteroatoms. The van der Waals surface area contributed by atoms with Crippen LogP contribution in [0.4, 0.5) is 8.78 Å². The summed E-state index contributed by atoms with van der Waals surface area (Å²) in [7, 11) is 0. The molecule has 2 N–H and O–H groups in total. The van der Waals surface area contributed by atoms with Crippen molar-refractivity contribution < 1.29 is 18.7 Å². The number of aliphatic hydroxyl groups is 1. The molecule has 1 aliphatic heterocycles. The molecule has 0 saturated carbocycles. The van der Waals surface area contributed by atoms with Gasteiger partial charge in [0.1, 0.15) is 0 Å². The van der Waals surface area contributed by atoms with Crippen LogP contribution >= 0.6 is 0 Å². The van der Waals surface area contributed by atoms with Gasteiger partial charge in [0.05, 0.1) is 13.2 Å². The Morgan fingerprint density at radius 3 is 2.81 bits per heavy atom. The largest absolute Gasteiger partial charge is 0.395 e. The monoisotopic (exact) mass is 236 g/mol. The Kier molecular flexibility index (Phi) is 5.62. The molecule has 16 heavy (non-hydrogen) atoms. The fourth-order valence-electron chi connectivity index (χ4n) is 1.88. The molecule has 1 amide bonds. The highest BCUT2D eigenvalue weighted by Gasteiger charge is 2.23. The van der Waals surface area contributed by atoms with Crippen LogP contribution in [0, 0.1) is 0 Å². The Morgan fingerprint density at radius 2 is 2.31 bits per heavy atom. The molecule has 4 nitrogen and oxygen atoms in total. The summed E-state index contributed by atoms with van der Waals surface area (Å²) < 4.78 is 24.4. The van der Waals surface area contributed by atoms with Gasteiger partial charge < -0.3 is 15.3 Å². The second kappa shape index (κ2) is 6.75. The van der Waals surface area contributed by atoms with Gasteiger partial charge >= 0.3 is 0 Å². The van der Waals surface area contributed by atoms with E-state index >= 15 is 0 Å². The van der Waals surface area contributed by atoms with E-state index in [2.05, 4.69) is 5.32 Å². The lowest BCUT2D eigenvalue weighted by Gasteiger charge is -2.22. The normalized spacial score (nSPS) is 20.4. The quantitative estimate of drug-likeness (QED) is 0.693. The van der Waals surface area contributed by atoms with Crippen molar-refractivity contribution in [3.05, 3.63) is 0 Å². The van der Waals surface area contributed by atoms with Gasteiger partial charge in [0.2, 0.25) is 5.91 Å². The number of aliphatic hydroxyl groups excluding tert-OH is 1. The minimum Gasteiger partial charge on any atom is -0.395 e. The van der Waals surface area contributed by atoms with Gasteiger partial charge in [0.25, 0.3) is 6.43 Å². The second-order valence-corrected chi connectivity index (χ2v) is 3.95. The van der Waals surface area contributed by atoms with Crippen LogP contribution in [0.5, 0.6) is 0 Å². The third-order valence-corrected chi connectivity index (χ3v) is 2.66. The van der Waals surface area contributed by atoms with Crippen LogP contribution in [0.25, 0.3) is 0 Å². The molecule has 0 aliphatic carbocycles. The van der Waals surface area contributed by atoms with E-state index in [4.69, 9.17) is 5.11 Å². The van der Waals surface area contributed by atoms with Gasteiger partial charge in [-0.25, -0.2) is 8.78 Å². The van der Waals surface area contributed by atoms with Gasteiger partial charge in [0, 0.05) is 19.0 Å². The number of carbonyl (C=O) groups excluding carboxylic acids is 1. The van der Waals surface area contributed by atoms with Crippen LogP contribution in [0.1, 0.15) is 19.3 Å². The first kappa shape index (κ1) is 13.3. The van der Waals surface area contributed by atoms with Crippen molar-refractivity contribution >= 4 is 5.91 Å². The summed E-state index contributed by atoms with van der Waals surface area (Å²) in [6, 6.07) is 0.103. The van der Waals surface area contributed by atoms with Crippen molar-refractivity contribution in [3.8, 4) is 0 Å². The third kappa shape index (κ3) is 4.40. The molecule has 0 bridgehead atoms. The molecule has 94 valence electrons. The maximum atomic E-state index is 12.2. The predicted molar refractivity (Wildman–Crippen MR) is 55.3 cm³/mol. The van der Waals surface area contributed by atoms with E-state index in [0.717, 1.165) is 24.3 Å². The SMILES string of the molecule is O=C(CC1CCCN1)N(CCO)CC(F)F. The molecule has 1 saturated heterocycles. The van der Waals surface area contributed by atoms with E-state index in [-0.39, 0.29) is 31.5 Å². The first-order valence-corrected chi connectivity index (χ1v) is 5.53.